The van der Waals surface area contributed by atoms with Crippen molar-refractivity contribution in [2.75, 3.05) is 19.6 Å². The number of aromatic nitrogens is 2. The Bertz CT molecular complexity index is 361. The molecule has 3 saturated heterocycles. The molecule has 3 fully saturated rings. The summed E-state index contributed by atoms with van der Waals surface area (Å²) in [7, 11) is 0. The molecule has 0 radical (unpaired) electrons. The van der Waals surface area contributed by atoms with Crippen molar-refractivity contribution >= 4 is 11.6 Å². The summed E-state index contributed by atoms with van der Waals surface area (Å²) in [6, 6.07) is 0. The molecule has 4 heterocycles. The van der Waals surface area contributed by atoms with Gasteiger partial charge in [0.25, 0.3) is 0 Å². The molecule has 1 aromatic rings. The van der Waals surface area contributed by atoms with Crippen LogP contribution in [0.5, 0.6) is 0 Å². The molecule has 0 amide bonds. The van der Waals surface area contributed by atoms with E-state index < -0.39 is 0 Å². The van der Waals surface area contributed by atoms with Gasteiger partial charge in [-0.05, 0) is 31.8 Å². The summed E-state index contributed by atoms with van der Waals surface area (Å²) in [4.78, 5) is 11.0. The van der Waals surface area contributed by atoms with Gasteiger partial charge in [0, 0.05) is 24.9 Å². The first-order chi connectivity index (χ1) is 7.34. The molecule has 80 valence electrons. The third kappa shape index (κ3) is 1.64. The van der Waals surface area contributed by atoms with Crippen LogP contribution < -0.4 is 0 Å². The second-order valence-electron chi connectivity index (χ2n) is 4.48. The first-order valence-electron chi connectivity index (χ1n) is 5.53. The van der Waals surface area contributed by atoms with Gasteiger partial charge >= 0.3 is 0 Å². The molecule has 0 aliphatic carbocycles. The van der Waals surface area contributed by atoms with Crippen LogP contribution in [-0.2, 0) is 0 Å². The summed E-state index contributed by atoms with van der Waals surface area (Å²) >= 11 is 6.10. The number of rotatable bonds is 1. The maximum Gasteiger partial charge on any atom is 0.150 e. The van der Waals surface area contributed by atoms with Crippen LogP contribution in [0.15, 0.2) is 12.4 Å². The zero-order valence-electron chi connectivity index (χ0n) is 8.56. The molecule has 0 spiro atoms. The molecule has 0 aromatic carbocycles. The van der Waals surface area contributed by atoms with Crippen molar-refractivity contribution in [2.45, 2.75) is 18.8 Å². The van der Waals surface area contributed by atoms with Crippen molar-refractivity contribution in [2.24, 2.45) is 5.92 Å². The van der Waals surface area contributed by atoms with Crippen molar-refractivity contribution in [3.8, 4) is 0 Å². The van der Waals surface area contributed by atoms with E-state index in [1.165, 1.54) is 25.9 Å². The zero-order valence-corrected chi connectivity index (χ0v) is 9.32. The fraction of sp³-hybridized carbons (Fsp3) is 0.636. The fourth-order valence-corrected chi connectivity index (χ4v) is 3.10. The molecule has 1 atom stereocenters. The van der Waals surface area contributed by atoms with Crippen LogP contribution >= 0.6 is 11.6 Å². The van der Waals surface area contributed by atoms with Gasteiger partial charge in [0.05, 0.1) is 5.69 Å². The first-order valence-corrected chi connectivity index (χ1v) is 5.91. The van der Waals surface area contributed by atoms with Gasteiger partial charge in [-0.1, -0.05) is 11.6 Å². The van der Waals surface area contributed by atoms with E-state index in [4.69, 9.17) is 11.6 Å². The molecule has 4 rings (SSSR count). The normalized spacial score (nSPS) is 34.3. The minimum atomic E-state index is 0.508. The largest absolute Gasteiger partial charge is 0.303 e. The van der Waals surface area contributed by atoms with E-state index in [9.17, 15) is 0 Å². The Morgan fingerprint density at radius 2 is 1.93 bits per heavy atom. The average Bonchev–Trinajstić information content (AvgIpc) is 2.31. The number of hydrogen-bond donors (Lipinski definition) is 0. The van der Waals surface area contributed by atoms with E-state index in [0.29, 0.717) is 11.1 Å². The third-order valence-electron chi connectivity index (χ3n) is 3.69. The van der Waals surface area contributed by atoms with Crippen LogP contribution in [0.3, 0.4) is 0 Å². The van der Waals surface area contributed by atoms with E-state index in [-0.39, 0.29) is 0 Å². The molecule has 15 heavy (non-hydrogen) atoms. The highest BCUT2D eigenvalue weighted by molar-refractivity contribution is 6.30. The summed E-state index contributed by atoms with van der Waals surface area (Å²) in [6.07, 6.45) is 5.99. The van der Waals surface area contributed by atoms with E-state index >= 15 is 0 Å². The number of nitrogens with zero attached hydrogens (tertiary/aromatic N) is 3. The predicted molar refractivity (Wildman–Crippen MR) is 58.9 cm³/mol. The molecule has 1 aromatic heterocycles. The zero-order chi connectivity index (χ0) is 10.3. The first kappa shape index (κ1) is 9.55. The number of hydrogen-bond acceptors (Lipinski definition) is 3. The van der Waals surface area contributed by atoms with E-state index in [1.807, 2.05) is 0 Å². The summed E-state index contributed by atoms with van der Waals surface area (Å²) in [5.74, 6) is 1.28. The Morgan fingerprint density at radius 1 is 1.20 bits per heavy atom. The minimum Gasteiger partial charge on any atom is -0.303 e. The maximum absolute atomic E-state index is 6.10. The van der Waals surface area contributed by atoms with Crippen molar-refractivity contribution in [3.63, 3.8) is 0 Å². The highest BCUT2D eigenvalue weighted by atomic mass is 35.5. The van der Waals surface area contributed by atoms with E-state index in [0.717, 1.165) is 18.2 Å². The van der Waals surface area contributed by atoms with Crippen LogP contribution in [0.25, 0.3) is 0 Å². The average molecular weight is 224 g/mol. The quantitative estimate of drug-likeness (QED) is 0.729. The maximum atomic E-state index is 6.10. The molecule has 1 unspecified atom stereocenters. The SMILES string of the molecule is Clc1nccnc1C1CN2CCC1CC2. The van der Waals surface area contributed by atoms with Crippen LogP contribution in [0.1, 0.15) is 24.5 Å². The molecule has 4 heteroatoms. The van der Waals surface area contributed by atoms with Crippen molar-refractivity contribution in [1.29, 1.82) is 0 Å². The second-order valence-corrected chi connectivity index (χ2v) is 4.83. The van der Waals surface area contributed by atoms with Gasteiger partial charge in [-0.25, -0.2) is 4.98 Å². The molecule has 0 N–H and O–H groups in total. The van der Waals surface area contributed by atoms with Gasteiger partial charge in [-0.2, -0.15) is 0 Å². The van der Waals surface area contributed by atoms with Crippen molar-refractivity contribution in [3.05, 3.63) is 23.2 Å². The third-order valence-corrected chi connectivity index (χ3v) is 3.98. The van der Waals surface area contributed by atoms with E-state index in [1.54, 1.807) is 12.4 Å². The summed E-state index contributed by atoms with van der Waals surface area (Å²) in [5, 5.41) is 0.594. The van der Waals surface area contributed by atoms with Gasteiger partial charge in [-0.15, -0.1) is 0 Å². The predicted octanol–water partition coefficient (Wildman–Crippen LogP) is 1.94. The highest BCUT2D eigenvalue weighted by Gasteiger charge is 2.36. The standard InChI is InChI=1S/C11H14ClN3/c12-11-10(13-3-4-14-11)9-7-15-5-1-8(9)2-6-15/h3-4,8-9H,1-2,5-7H2. The van der Waals surface area contributed by atoms with Crippen LogP contribution in [-0.4, -0.2) is 34.5 Å². The lowest BCUT2D eigenvalue weighted by atomic mass is 9.77. The molecule has 2 bridgehead atoms. The Hall–Kier alpha value is -0.670. The topological polar surface area (TPSA) is 29.0 Å². The monoisotopic (exact) mass is 223 g/mol. The molecule has 3 aliphatic rings. The van der Waals surface area contributed by atoms with Crippen molar-refractivity contribution < 1.29 is 0 Å². The van der Waals surface area contributed by atoms with Gasteiger partial charge in [0.2, 0.25) is 0 Å². The molecule has 3 aliphatic heterocycles. The Balaban J connectivity index is 1.91. The van der Waals surface area contributed by atoms with Crippen LogP contribution in [0, 0.1) is 5.92 Å². The summed E-state index contributed by atoms with van der Waals surface area (Å²) in [5.41, 5.74) is 1.01. The van der Waals surface area contributed by atoms with Crippen molar-refractivity contribution in [1.82, 2.24) is 14.9 Å². The van der Waals surface area contributed by atoms with E-state index in [2.05, 4.69) is 14.9 Å². The van der Waals surface area contributed by atoms with Gasteiger partial charge in [-0.3, -0.25) is 4.98 Å². The Kier molecular flexibility index (Phi) is 2.37. The fourth-order valence-electron chi connectivity index (χ4n) is 2.86. The minimum absolute atomic E-state index is 0.508. The molecule has 3 nitrogen and oxygen atoms in total. The summed E-state index contributed by atoms with van der Waals surface area (Å²) < 4.78 is 0. The summed E-state index contributed by atoms with van der Waals surface area (Å²) in [6.45, 7) is 3.61. The molecular weight excluding hydrogens is 210 g/mol. The molecular formula is C11H14ClN3. The Morgan fingerprint density at radius 3 is 2.53 bits per heavy atom. The molecule has 0 saturated carbocycles. The number of piperidine rings is 3. The Labute approximate surface area is 94.5 Å². The number of fused-ring (bicyclic) bond motifs is 3. The van der Waals surface area contributed by atoms with Gasteiger partial charge < -0.3 is 4.90 Å². The van der Waals surface area contributed by atoms with Crippen LogP contribution in [0.2, 0.25) is 5.15 Å². The second kappa shape index (κ2) is 3.72. The van der Waals surface area contributed by atoms with Crippen LogP contribution in [0.4, 0.5) is 0 Å². The lowest BCUT2D eigenvalue weighted by Gasteiger charge is -2.44. The lowest BCUT2D eigenvalue weighted by molar-refractivity contribution is 0.0853. The van der Waals surface area contributed by atoms with Gasteiger partial charge in [0.1, 0.15) is 0 Å². The number of halogens is 1. The lowest BCUT2D eigenvalue weighted by Crippen LogP contribution is -2.46. The van der Waals surface area contributed by atoms with Gasteiger partial charge in [0.15, 0.2) is 5.15 Å². The highest BCUT2D eigenvalue weighted by Crippen LogP contribution is 2.39. The smallest absolute Gasteiger partial charge is 0.150 e.